The zero-order valence-electron chi connectivity index (χ0n) is 41.8. The smallest absolute Gasteiger partial charge is 1.00 e. The van der Waals surface area contributed by atoms with Gasteiger partial charge in [0, 0.05) is 11.5 Å². The van der Waals surface area contributed by atoms with Crippen molar-refractivity contribution in [2.24, 2.45) is 0 Å². The number of carboxylic acids is 1. The molecule has 11 aromatic rings. The Morgan fingerprint density at radius 2 is 0.635 bits per heavy atom. The van der Waals surface area contributed by atoms with Gasteiger partial charge in [-0.15, -0.1) is 6.07 Å². The summed E-state index contributed by atoms with van der Waals surface area (Å²) in [6.07, 6.45) is 0. The number of benzene rings is 10. The van der Waals surface area contributed by atoms with Crippen molar-refractivity contribution in [2.45, 2.75) is 27.3 Å². The van der Waals surface area contributed by atoms with Gasteiger partial charge in [-0.2, -0.15) is 0 Å². The van der Waals surface area contributed by atoms with Crippen LogP contribution < -0.4 is 58.5 Å². The van der Waals surface area contributed by atoms with Crippen molar-refractivity contribution in [3.05, 3.63) is 319 Å². The molecule has 0 unspecified atom stereocenters. The Labute approximate surface area is 469 Å². The number of hydrogen-bond acceptors (Lipinski definition) is 3. The van der Waals surface area contributed by atoms with Crippen molar-refractivity contribution >= 4 is 75.2 Å². The van der Waals surface area contributed by atoms with Crippen LogP contribution in [0.25, 0.3) is 10.2 Å². The predicted molar refractivity (Wildman–Crippen MR) is 310 cm³/mol. The number of carbonyl (C=O) groups excluding carboxylic acids is 1. The van der Waals surface area contributed by atoms with Gasteiger partial charge in [0.1, 0.15) is 0 Å². The Bertz CT molecular complexity index is 2800. The number of nitrogens with zero attached hydrogens (tertiary/aromatic N) is 1. The molecule has 0 N–H and O–H groups in total. The average Bonchev–Trinajstić information content (AvgIpc) is 3.84. The van der Waals surface area contributed by atoms with Crippen LogP contribution in [0.15, 0.2) is 297 Å². The van der Waals surface area contributed by atoms with Crippen molar-refractivity contribution < 1.29 is 50.9 Å². The maximum absolute atomic E-state index is 8.89. The first-order valence-corrected chi connectivity index (χ1v) is 27.3. The molecule has 0 atom stereocenters. The van der Waals surface area contributed by atoms with Gasteiger partial charge in [0.05, 0.1) is 5.52 Å². The zero-order valence-corrected chi connectivity index (χ0v) is 47.7. The summed E-state index contributed by atoms with van der Waals surface area (Å²) >= 11 is 1.67. The number of aliphatic carboxylic acids is 1. The molecule has 0 aliphatic rings. The van der Waals surface area contributed by atoms with E-state index >= 15 is 0 Å². The van der Waals surface area contributed by atoms with Crippen molar-refractivity contribution in [1.82, 2.24) is 0 Å². The van der Waals surface area contributed by atoms with Gasteiger partial charge in [0.25, 0.3) is 0 Å². The zero-order chi connectivity index (χ0) is 50.4. The van der Waals surface area contributed by atoms with Crippen LogP contribution in [0.4, 0.5) is 0 Å². The monoisotopic (exact) mass is 1170 g/mol. The van der Waals surface area contributed by atoms with E-state index < -0.39 is 21.8 Å². The van der Waals surface area contributed by atoms with Gasteiger partial charge >= 0.3 is 19.5 Å². The maximum atomic E-state index is 8.89. The van der Waals surface area contributed by atoms with Gasteiger partial charge in [0.2, 0.25) is 0 Å². The molecular formula is C66H60BrNO2P2RuS. The first-order valence-electron chi connectivity index (χ1n) is 23.8. The molecule has 0 aliphatic heterocycles. The van der Waals surface area contributed by atoms with Gasteiger partial charge in [-0.05, 0) is 68.4 Å². The number of carboxylic acid groups (broad SMARTS) is 1. The van der Waals surface area contributed by atoms with E-state index in [1.165, 1.54) is 58.7 Å². The summed E-state index contributed by atoms with van der Waals surface area (Å²) in [7, 11) is -0.892. The fourth-order valence-corrected chi connectivity index (χ4v) is 12.6. The molecule has 1 aromatic heterocycles. The van der Waals surface area contributed by atoms with E-state index in [1.54, 1.807) is 11.3 Å². The minimum absolute atomic E-state index is 0. The summed E-state index contributed by atoms with van der Waals surface area (Å²) in [6, 6.07) is 104. The number of aromatic nitrogens is 1. The molecule has 11 rings (SSSR count). The minimum atomic E-state index is -1.08. The van der Waals surface area contributed by atoms with Crippen molar-refractivity contribution in [3.8, 4) is 0 Å². The molecule has 0 amide bonds. The number of para-hydroxylation sites is 1. The summed E-state index contributed by atoms with van der Waals surface area (Å²) in [5, 5.41) is 17.3. The topological polar surface area (TPSA) is 44.0 Å². The molecule has 0 fully saturated rings. The van der Waals surface area contributed by atoms with E-state index in [2.05, 4.69) is 279 Å². The number of rotatable bonds is 8. The van der Waals surface area contributed by atoms with Crippen LogP contribution in [-0.4, -0.2) is 5.97 Å². The molecule has 0 radical (unpaired) electrons. The van der Waals surface area contributed by atoms with E-state index in [4.69, 9.17) is 9.90 Å². The molecule has 10 aromatic carbocycles. The van der Waals surface area contributed by atoms with E-state index in [1.807, 2.05) is 42.5 Å². The van der Waals surface area contributed by atoms with Crippen LogP contribution in [-0.2, 0) is 30.8 Å². The second kappa shape index (κ2) is 34.9. The maximum Gasteiger partial charge on any atom is 2.00 e. The number of aryl methyl sites for hydroxylation is 2. The fraction of sp³-hybridized carbons (Fsp3) is 0.0606. The van der Waals surface area contributed by atoms with Crippen LogP contribution in [0.5, 0.6) is 0 Å². The number of halogens is 1. The molecule has 3 nitrogen and oxygen atoms in total. The Balaban J connectivity index is 0.000000204. The molecule has 0 saturated carbocycles. The first-order chi connectivity index (χ1) is 35.4. The van der Waals surface area contributed by atoms with Crippen LogP contribution in [0, 0.1) is 19.4 Å². The van der Waals surface area contributed by atoms with Crippen LogP contribution in [0.1, 0.15) is 23.6 Å². The third-order valence-corrected chi connectivity index (χ3v) is 16.3. The van der Waals surface area contributed by atoms with Crippen molar-refractivity contribution in [1.29, 1.82) is 0 Å². The molecule has 0 spiro atoms. The fourth-order valence-electron chi connectivity index (χ4n) is 7.23. The Morgan fingerprint density at radius 1 is 0.405 bits per heavy atom. The molecular weight excluding hydrogens is 1110 g/mol. The molecule has 1 heterocycles. The standard InChI is InChI=1S/2C18H15P.C14H11NS.2C7H8.C2H4O2.BrH.Ru/c2*1-4-10-16(11-5-1)19(17-12-6-2-7-13-17)18-14-8-3-9-15-18;1-2-6-12(7-3-1)10-15-11-16-14-9-5-4-8-13(14)15;2*1-7-5-3-2-4-6-7;1-2(3)4;;/h2*1-15H;1-9H,10H2;2*2-6H,1H3;1H3,(H,3,4);1H;/q;;;;;;;+2/p-2. The van der Waals surface area contributed by atoms with Crippen LogP contribution in [0.2, 0.25) is 0 Å². The average molecular weight is 1170 g/mol. The third kappa shape index (κ3) is 21.2. The van der Waals surface area contributed by atoms with Crippen molar-refractivity contribution in [2.75, 3.05) is 0 Å². The largest absolute Gasteiger partial charge is 2.00 e. The molecule has 74 heavy (non-hydrogen) atoms. The molecule has 0 saturated heterocycles. The molecule has 0 bridgehead atoms. The third-order valence-electron chi connectivity index (χ3n) is 10.6. The van der Waals surface area contributed by atoms with Crippen LogP contribution in [0.3, 0.4) is 0 Å². The SMILES string of the molecule is CC(=O)[O-].Cc1ccccc1.Cc1ccccc1.[Br-].[Ru+2].[c-]1sc2ccccc2[n+]1Cc1ccccc1.c1ccc(P(c2ccccc2)c2ccccc2)cc1.c1ccc(P(c2ccccc2)c2ccccc2)cc1. The second-order valence-corrected chi connectivity index (χ2v) is 21.5. The van der Waals surface area contributed by atoms with Crippen molar-refractivity contribution in [3.63, 3.8) is 0 Å². The molecule has 8 heteroatoms. The number of thiazole rings is 1. The van der Waals surface area contributed by atoms with Gasteiger partial charge in [-0.25, -0.2) is 11.3 Å². The summed E-state index contributed by atoms with van der Waals surface area (Å²) in [6.45, 7) is 6.03. The predicted octanol–water partition coefficient (Wildman–Crippen LogP) is 9.67. The van der Waals surface area contributed by atoms with E-state index in [-0.39, 0.29) is 36.5 Å². The Hall–Kier alpha value is -6.48. The summed E-state index contributed by atoms with van der Waals surface area (Å²) in [4.78, 5) is 8.89. The first kappa shape index (κ1) is 60.1. The van der Waals surface area contributed by atoms with Gasteiger partial charge < -0.3 is 26.9 Å². The van der Waals surface area contributed by atoms with E-state index in [9.17, 15) is 0 Å². The molecule has 372 valence electrons. The summed E-state index contributed by atoms with van der Waals surface area (Å²) in [5.74, 6) is -1.08. The van der Waals surface area contributed by atoms with Crippen LogP contribution >= 0.6 is 27.2 Å². The van der Waals surface area contributed by atoms with E-state index in [0.717, 1.165) is 13.5 Å². The normalized spacial score (nSPS) is 9.74. The van der Waals surface area contributed by atoms with Gasteiger partial charge in [0.15, 0.2) is 12.1 Å². The summed E-state index contributed by atoms with van der Waals surface area (Å²) in [5.41, 5.74) is 8.54. The van der Waals surface area contributed by atoms with Gasteiger partial charge in [-0.1, -0.05) is 307 Å². The second-order valence-electron chi connectivity index (χ2n) is 16.2. The molecule has 0 aliphatic carbocycles. The number of carbonyl (C=O) groups is 1. The van der Waals surface area contributed by atoms with Gasteiger partial charge in [-0.3, -0.25) is 4.57 Å². The quantitative estimate of drug-likeness (QED) is 0.0659. The van der Waals surface area contributed by atoms with E-state index in [0.29, 0.717) is 0 Å². The summed E-state index contributed by atoms with van der Waals surface area (Å²) < 4.78 is 3.47. The minimum Gasteiger partial charge on any atom is -1.00 e. The number of fused-ring (bicyclic) bond motifs is 1. The number of hydrogen-bond donors (Lipinski definition) is 0. The Kier molecular flexibility index (Phi) is 28.3. The Morgan fingerprint density at radius 3 is 0.892 bits per heavy atom.